The molecule has 1 aromatic heterocycles. The smallest absolute Gasteiger partial charge is 0.412 e. The minimum atomic E-state index is -0.970. The lowest BCUT2D eigenvalue weighted by molar-refractivity contribution is -0.121. The van der Waals surface area contributed by atoms with Gasteiger partial charge in [-0.1, -0.05) is 72.8 Å². The van der Waals surface area contributed by atoms with Crippen molar-refractivity contribution in [2.75, 3.05) is 11.4 Å². The second-order valence-electron chi connectivity index (χ2n) is 13.8. The monoisotopic (exact) mass is 717 g/mol. The zero-order valence-corrected chi connectivity index (χ0v) is 29.6. The summed E-state index contributed by atoms with van der Waals surface area (Å²) >= 11 is 0. The van der Waals surface area contributed by atoms with Gasteiger partial charge in [-0.05, 0) is 84.5 Å². The molecule has 1 heterocycles. The molecule has 6 rings (SSSR count). The average molecular weight is 718 g/mol. The molecular weight excluding hydrogens is 670 g/mol. The van der Waals surface area contributed by atoms with Gasteiger partial charge in [0.2, 0.25) is 11.5 Å². The Bertz CT molecular complexity index is 2080. The van der Waals surface area contributed by atoms with Crippen molar-refractivity contribution in [1.82, 2.24) is 15.6 Å². The Morgan fingerprint density at radius 3 is 2.28 bits per heavy atom. The lowest BCUT2D eigenvalue weighted by Crippen LogP contribution is -2.44. The number of aromatic hydroxyl groups is 1. The van der Waals surface area contributed by atoms with Crippen LogP contribution in [-0.2, 0) is 24.3 Å². The minimum absolute atomic E-state index is 0.0520. The van der Waals surface area contributed by atoms with Gasteiger partial charge in [0, 0.05) is 55.2 Å². The van der Waals surface area contributed by atoms with Gasteiger partial charge in [-0.2, -0.15) is 0 Å². The van der Waals surface area contributed by atoms with Crippen molar-refractivity contribution in [3.63, 3.8) is 0 Å². The molecule has 5 aromatic rings. The molecule has 0 spiro atoms. The highest BCUT2D eigenvalue weighted by Gasteiger charge is 2.30. The lowest BCUT2D eigenvalue weighted by atomic mass is 9.89. The van der Waals surface area contributed by atoms with Crippen LogP contribution >= 0.6 is 0 Å². The number of carboxylic acid groups (broad SMARTS) is 1. The summed E-state index contributed by atoms with van der Waals surface area (Å²) in [5, 5.41) is 38.1. The Kier molecular flexibility index (Phi) is 12.2. The van der Waals surface area contributed by atoms with Crippen molar-refractivity contribution in [2.45, 2.75) is 76.2 Å². The maximum Gasteiger partial charge on any atom is 0.412 e. The molecule has 11 heteroatoms. The number of benzene rings is 4. The number of nitrogens with zero attached hydrogens (tertiary/aromatic N) is 1. The first-order chi connectivity index (χ1) is 25.7. The van der Waals surface area contributed by atoms with E-state index in [-0.39, 0.29) is 35.8 Å². The van der Waals surface area contributed by atoms with Crippen molar-refractivity contribution >= 4 is 28.6 Å². The molecule has 1 atom stereocenters. The summed E-state index contributed by atoms with van der Waals surface area (Å²) in [6, 6.07) is 29.7. The Labute approximate surface area is 308 Å². The first kappa shape index (κ1) is 37.3. The molecule has 0 bridgehead atoms. The number of aromatic nitrogens is 1. The molecule has 2 amide bonds. The molecule has 1 saturated carbocycles. The van der Waals surface area contributed by atoms with E-state index in [1.54, 1.807) is 12.1 Å². The number of H-pyrrole nitrogens is 1. The Balaban J connectivity index is 0.988. The summed E-state index contributed by atoms with van der Waals surface area (Å²) in [6.45, 7) is 1.18. The highest BCUT2D eigenvalue weighted by atomic mass is 16.4. The van der Waals surface area contributed by atoms with E-state index in [9.17, 15) is 29.7 Å². The maximum absolute atomic E-state index is 12.8. The van der Waals surface area contributed by atoms with Crippen LogP contribution in [-0.4, -0.2) is 50.9 Å². The number of pyridine rings is 1. The van der Waals surface area contributed by atoms with Gasteiger partial charge in [0.25, 0.3) is 0 Å². The number of aliphatic hydroxyl groups excluding tert-OH is 1. The topological polar surface area (TPSA) is 181 Å². The number of phenols is 1. The van der Waals surface area contributed by atoms with Gasteiger partial charge >= 0.3 is 6.09 Å². The van der Waals surface area contributed by atoms with Crippen LogP contribution in [0.4, 0.5) is 10.5 Å². The summed E-state index contributed by atoms with van der Waals surface area (Å²) in [7, 11) is 0. The molecule has 276 valence electrons. The molecule has 0 aliphatic heterocycles. The third-order valence-corrected chi connectivity index (χ3v) is 10.0. The second-order valence-corrected chi connectivity index (χ2v) is 13.8. The van der Waals surface area contributed by atoms with Crippen molar-refractivity contribution in [3.8, 4) is 16.9 Å². The van der Waals surface area contributed by atoms with Gasteiger partial charge in [0.05, 0.1) is 17.3 Å². The predicted octanol–water partition coefficient (Wildman–Crippen LogP) is 6.12. The van der Waals surface area contributed by atoms with Crippen molar-refractivity contribution in [2.24, 2.45) is 5.73 Å². The number of carbonyl (C=O) groups excluding carboxylic acids is 1. The molecule has 1 aliphatic rings. The number of amides is 2. The predicted molar refractivity (Wildman–Crippen MR) is 207 cm³/mol. The van der Waals surface area contributed by atoms with Gasteiger partial charge in [-0.3, -0.25) is 14.5 Å². The largest absolute Gasteiger partial charge is 0.506 e. The highest BCUT2D eigenvalue weighted by molar-refractivity contribution is 5.94. The molecule has 4 aromatic carbocycles. The first-order valence-electron chi connectivity index (χ1n) is 18.2. The zero-order chi connectivity index (χ0) is 37.3. The Morgan fingerprint density at radius 2 is 1.57 bits per heavy atom. The van der Waals surface area contributed by atoms with E-state index in [1.807, 2.05) is 72.8 Å². The summed E-state index contributed by atoms with van der Waals surface area (Å²) in [4.78, 5) is 41.3. The molecule has 1 fully saturated rings. The van der Waals surface area contributed by atoms with E-state index >= 15 is 0 Å². The number of nitrogens with one attached hydrogen (secondary N) is 3. The van der Waals surface area contributed by atoms with Crippen LogP contribution in [0.3, 0.4) is 0 Å². The fourth-order valence-electron chi connectivity index (χ4n) is 7.14. The molecule has 1 aliphatic carbocycles. The van der Waals surface area contributed by atoms with Crippen LogP contribution in [0.25, 0.3) is 22.0 Å². The quantitative estimate of drug-likeness (QED) is 0.0718. The number of aromatic amines is 1. The number of hydrogen-bond donors (Lipinski definition) is 7. The number of aliphatic hydroxyl groups is 1. The van der Waals surface area contributed by atoms with E-state index in [1.165, 1.54) is 17.0 Å². The third kappa shape index (κ3) is 9.50. The Hall–Kier alpha value is -5.49. The number of carbonyl (C=O) groups is 2. The second kappa shape index (κ2) is 17.4. The number of rotatable bonds is 14. The van der Waals surface area contributed by atoms with Crippen molar-refractivity contribution < 1.29 is 24.9 Å². The maximum atomic E-state index is 12.8. The number of anilines is 1. The summed E-state index contributed by atoms with van der Waals surface area (Å²) in [6.07, 6.45) is 2.81. The number of aryl methyl sites for hydroxylation is 1. The minimum Gasteiger partial charge on any atom is -0.506 e. The third-order valence-electron chi connectivity index (χ3n) is 10.0. The number of phenolic OH excluding ortho intramolecular Hbond substituents is 1. The molecule has 11 nitrogen and oxygen atoms in total. The molecule has 0 unspecified atom stereocenters. The summed E-state index contributed by atoms with van der Waals surface area (Å²) in [5.41, 5.74) is 12.2. The van der Waals surface area contributed by atoms with E-state index in [0.29, 0.717) is 54.5 Å². The van der Waals surface area contributed by atoms with Gasteiger partial charge in [0.15, 0.2) is 0 Å². The highest BCUT2D eigenvalue weighted by Crippen LogP contribution is 2.36. The van der Waals surface area contributed by atoms with Gasteiger partial charge in [-0.15, -0.1) is 0 Å². The van der Waals surface area contributed by atoms with E-state index in [0.717, 1.165) is 53.5 Å². The van der Waals surface area contributed by atoms with Crippen LogP contribution < -0.4 is 26.8 Å². The molecule has 8 N–H and O–H groups in total. The summed E-state index contributed by atoms with van der Waals surface area (Å²) in [5.74, 6) is -0.105. The lowest BCUT2D eigenvalue weighted by Gasteiger charge is -2.35. The Morgan fingerprint density at radius 1 is 0.868 bits per heavy atom. The fraction of sp³-hybridized carbons (Fsp3) is 0.310. The van der Waals surface area contributed by atoms with Gasteiger partial charge in [0.1, 0.15) is 5.75 Å². The zero-order valence-electron chi connectivity index (χ0n) is 29.6. The van der Waals surface area contributed by atoms with Crippen LogP contribution in [0.1, 0.15) is 66.9 Å². The van der Waals surface area contributed by atoms with E-state index in [2.05, 4.69) is 15.6 Å². The molecule has 53 heavy (non-hydrogen) atoms. The normalized spacial score (nSPS) is 16.3. The van der Waals surface area contributed by atoms with Crippen LogP contribution in [0.15, 0.2) is 102 Å². The van der Waals surface area contributed by atoms with Crippen molar-refractivity contribution in [1.29, 1.82) is 0 Å². The van der Waals surface area contributed by atoms with Crippen LogP contribution in [0.2, 0.25) is 0 Å². The van der Waals surface area contributed by atoms with E-state index in [4.69, 9.17) is 5.73 Å². The molecule has 0 radical (unpaired) electrons. The molecular formula is C42H47N5O6. The van der Waals surface area contributed by atoms with Crippen molar-refractivity contribution in [3.05, 3.63) is 130 Å². The number of hydrogen-bond acceptors (Lipinski definition) is 7. The van der Waals surface area contributed by atoms with Gasteiger partial charge < -0.3 is 36.7 Å². The number of nitrogens with two attached hydrogens (primary N) is 1. The van der Waals surface area contributed by atoms with E-state index < -0.39 is 12.2 Å². The summed E-state index contributed by atoms with van der Waals surface area (Å²) < 4.78 is 0. The fourth-order valence-corrected chi connectivity index (χ4v) is 7.14. The SMILES string of the molecule is NC1CCC(N(C(=O)O)c2cc(CCCC(=O)NCc3ccc(CNC[C@H](O)c4ccc(O)c5[nH]c(=O)ccc45)cc3)ccc2-c2ccccc2)CC1. The van der Waals surface area contributed by atoms with Crippen LogP contribution in [0, 0.1) is 0 Å². The standard InChI is InChI=1S/C42H47N5O6/c43-31-14-16-32(17-15-31)47(42(52)53)36-23-27(13-18-33(36)30-6-2-1-3-7-30)5-4-8-39(50)45-25-29-11-9-28(10-12-29)24-44-26-38(49)34-19-21-37(48)41-35(34)20-22-40(51)46-41/h1-3,6-7,9-13,18-23,31-32,38,44,48-49H,4-5,8,14-17,24-26,43H2,(H,45,50)(H,46,51)(H,52,53)/t31?,32?,38-/m0/s1. The van der Waals surface area contributed by atoms with Crippen LogP contribution in [0.5, 0.6) is 5.75 Å². The first-order valence-corrected chi connectivity index (χ1v) is 18.2. The molecule has 0 saturated heterocycles. The number of fused-ring (bicyclic) bond motifs is 1. The average Bonchev–Trinajstić information content (AvgIpc) is 3.16. The van der Waals surface area contributed by atoms with Gasteiger partial charge in [-0.25, -0.2) is 4.79 Å².